The van der Waals surface area contributed by atoms with Gasteiger partial charge in [0.05, 0.1) is 12.3 Å². The summed E-state index contributed by atoms with van der Waals surface area (Å²) in [5, 5.41) is 10.7. The first-order chi connectivity index (χ1) is 14.0. The zero-order valence-electron chi connectivity index (χ0n) is 16.2. The summed E-state index contributed by atoms with van der Waals surface area (Å²) >= 11 is 1.18. The van der Waals surface area contributed by atoms with Crippen LogP contribution in [-0.4, -0.2) is 32.7 Å². The van der Waals surface area contributed by atoms with Crippen molar-refractivity contribution in [1.82, 2.24) is 26.0 Å². The molecule has 0 radical (unpaired) electrons. The maximum atomic E-state index is 12.0. The molecular weight excluding hydrogens is 388 g/mol. The van der Waals surface area contributed by atoms with Gasteiger partial charge in [-0.15, -0.1) is 5.10 Å². The van der Waals surface area contributed by atoms with Crippen molar-refractivity contribution in [2.45, 2.75) is 25.5 Å². The second-order valence-electron chi connectivity index (χ2n) is 6.44. The summed E-state index contributed by atoms with van der Waals surface area (Å²) in [6.45, 7) is 4.46. The molecule has 29 heavy (non-hydrogen) atoms. The monoisotopic (exact) mass is 410 g/mol. The van der Waals surface area contributed by atoms with Gasteiger partial charge in [0.2, 0.25) is 11.1 Å². The van der Waals surface area contributed by atoms with E-state index in [4.69, 9.17) is 0 Å². The topological polar surface area (TPSA) is 112 Å². The van der Waals surface area contributed by atoms with Gasteiger partial charge in [0, 0.05) is 11.3 Å². The lowest BCUT2D eigenvalue weighted by molar-refractivity contribution is -0.119. The Labute approximate surface area is 172 Å². The number of hydrazine groups is 1. The van der Waals surface area contributed by atoms with Crippen LogP contribution in [0.2, 0.25) is 0 Å². The summed E-state index contributed by atoms with van der Waals surface area (Å²) in [4.78, 5) is 28.2. The van der Waals surface area contributed by atoms with Crippen LogP contribution in [0.3, 0.4) is 0 Å². The summed E-state index contributed by atoms with van der Waals surface area (Å²) in [5.41, 5.74) is 8.48. The Bertz CT molecular complexity index is 987. The minimum Gasteiger partial charge on any atom is -0.378 e. The lowest BCUT2D eigenvalue weighted by Crippen LogP contribution is -2.42. The number of H-pyrrole nitrogens is 1. The van der Waals surface area contributed by atoms with Gasteiger partial charge in [-0.1, -0.05) is 41.6 Å². The number of thioether (sulfide) groups is 1. The molecule has 0 saturated heterocycles. The van der Waals surface area contributed by atoms with Crippen LogP contribution in [-0.2, 0) is 11.3 Å². The number of amides is 2. The maximum absolute atomic E-state index is 12.0. The van der Waals surface area contributed by atoms with E-state index in [9.17, 15) is 9.59 Å². The fourth-order valence-electron chi connectivity index (χ4n) is 2.43. The molecule has 0 saturated carbocycles. The predicted octanol–water partition coefficient (Wildman–Crippen LogP) is 2.59. The Hall–Kier alpha value is -3.33. The molecule has 3 rings (SSSR count). The minimum atomic E-state index is -0.370. The van der Waals surface area contributed by atoms with Crippen LogP contribution in [0, 0.1) is 13.8 Å². The maximum Gasteiger partial charge on any atom is 0.269 e. The number of aromatic amines is 1. The van der Waals surface area contributed by atoms with Crippen molar-refractivity contribution in [3.05, 3.63) is 71.0 Å². The Morgan fingerprint density at radius 3 is 2.59 bits per heavy atom. The molecule has 1 aromatic heterocycles. The molecule has 0 unspecified atom stereocenters. The van der Waals surface area contributed by atoms with Crippen molar-refractivity contribution in [3.8, 4) is 0 Å². The van der Waals surface area contributed by atoms with Gasteiger partial charge < -0.3 is 5.32 Å². The van der Waals surface area contributed by atoms with E-state index in [-0.39, 0.29) is 17.6 Å². The van der Waals surface area contributed by atoms with Gasteiger partial charge in [0.1, 0.15) is 5.82 Å². The molecule has 3 aromatic rings. The van der Waals surface area contributed by atoms with E-state index in [1.807, 2.05) is 50.2 Å². The van der Waals surface area contributed by atoms with Crippen LogP contribution in [0.25, 0.3) is 0 Å². The predicted molar refractivity (Wildman–Crippen MR) is 112 cm³/mol. The number of nitrogens with one attached hydrogen (secondary N) is 4. The van der Waals surface area contributed by atoms with Gasteiger partial charge >= 0.3 is 0 Å². The fraction of sp³-hybridized carbons (Fsp3) is 0.200. The molecule has 0 aliphatic heterocycles. The van der Waals surface area contributed by atoms with Crippen molar-refractivity contribution in [2.24, 2.45) is 0 Å². The molecule has 0 atom stereocenters. The van der Waals surface area contributed by atoms with E-state index in [1.54, 1.807) is 12.1 Å². The molecule has 1 heterocycles. The first kappa shape index (κ1) is 20.4. The highest BCUT2D eigenvalue weighted by Gasteiger charge is 2.10. The quantitative estimate of drug-likeness (QED) is 0.352. The average Bonchev–Trinajstić information content (AvgIpc) is 3.17. The van der Waals surface area contributed by atoms with Crippen LogP contribution in [0.1, 0.15) is 27.3 Å². The molecule has 0 spiro atoms. The van der Waals surface area contributed by atoms with E-state index in [0.29, 0.717) is 23.1 Å². The number of carbonyl (C=O) groups excluding carboxylic acids is 2. The van der Waals surface area contributed by atoms with Crippen LogP contribution in [0.4, 0.5) is 5.69 Å². The summed E-state index contributed by atoms with van der Waals surface area (Å²) < 4.78 is 0. The first-order valence-corrected chi connectivity index (χ1v) is 9.98. The van der Waals surface area contributed by atoms with Crippen LogP contribution in [0.5, 0.6) is 0 Å². The number of anilines is 1. The van der Waals surface area contributed by atoms with Crippen molar-refractivity contribution in [2.75, 3.05) is 11.1 Å². The third kappa shape index (κ3) is 6.35. The van der Waals surface area contributed by atoms with Crippen molar-refractivity contribution in [3.63, 3.8) is 0 Å². The van der Waals surface area contributed by atoms with E-state index < -0.39 is 0 Å². The van der Waals surface area contributed by atoms with E-state index in [2.05, 4.69) is 31.3 Å². The Kier molecular flexibility index (Phi) is 6.85. The fourth-order valence-corrected chi connectivity index (χ4v) is 3.05. The molecule has 2 aromatic carbocycles. The number of hydrogen-bond acceptors (Lipinski definition) is 6. The van der Waals surface area contributed by atoms with E-state index in [0.717, 1.165) is 11.3 Å². The number of hydrogen-bond donors (Lipinski definition) is 4. The molecule has 8 nitrogen and oxygen atoms in total. The van der Waals surface area contributed by atoms with Gasteiger partial charge in [-0.25, -0.2) is 4.98 Å². The standard InChI is InChI=1S/C20H22N6O2S/c1-13-6-8-15(9-7-13)19(28)25-24-18(27)12-29-20-22-17(23-26-20)11-21-16-5-3-4-14(2)10-16/h3-10,21H,11-12H2,1-2H3,(H,24,27)(H,25,28)(H,22,23,26). The molecule has 0 aliphatic carbocycles. The lowest BCUT2D eigenvalue weighted by atomic mass is 10.1. The first-order valence-electron chi connectivity index (χ1n) is 9.00. The second-order valence-corrected chi connectivity index (χ2v) is 7.39. The van der Waals surface area contributed by atoms with E-state index >= 15 is 0 Å². The largest absolute Gasteiger partial charge is 0.378 e. The zero-order chi connectivity index (χ0) is 20.6. The van der Waals surface area contributed by atoms with Crippen LogP contribution < -0.4 is 16.2 Å². The normalized spacial score (nSPS) is 10.4. The second kappa shape index (κ2) is 9.74. The number of aryl methyl sites for hydroxylation is 2. The number of benzene rings is 2. The summed E-state index contributed by atoms with van der Waals surface area (Å²) in [5.74, 6) is 0.0316. The highest BCUT2D eigenvalue weighted by atomic mass is 32.2. The third-order valence-corrected chi connectivity index (χ3v) is 4.80. The minimum absolute atomic E-state index is 0.0801. The number of carbonyl (C=O) groups is 2. The number of rotatable bonds is 7. The Morgan fingerprint density at radius 1 is 1.03 bits per heavy atom. The van der Waals surface area contributed by atoms with Crippen LogP contribution >= 0.6 is 11.8 Å². The molecule has 4 N–H and O–H groups in total. The van der Waals surface area contributed by atoms with Gasteiger partial charge in [-0.05, 0) is 43.7 Å². The number of aromatic nitrogens is 3. The van der Waals surface area contributed by atoms with Crippen molar-refractivity contribution >= 4 is 29.3 Å². The summed E-state index contributed by atoms with van der Waals surface area (Å²) in [6.07, 6.45) is 0. The zero-order valence-corrected chi connectivity index (χ0v) is 17.0. The van der Waals surface area contributed by atoms with E-state index in [1.165, 1.54) is 17.3 Å². The SMILES string of the molecule is Cc1ccc(C(=O)NNC(=O)CSc2n[nH]c(CNc3cccc(C)c3)n2)cc1. The van der Waals surface area contributed by atoms with Crippen molar-refractivity contribution < 1.29 is 9.59 Å². The van der Waals surface area contributed by atoms with Gasteiger partial charge in [-0.3, -0.25) is 25.5 Å². The lowest BCUT2D eigenvalue weighted by Gasteiger charge is -2.06. The molecule has 0 bridgehead atoms. The van der Waals surface area contributed by atoms with Crippen LogP contribution in [0.15, 0.2) is 53.7 Å². The molecule has 0 fully saturated rings. The highest BCUT2D eigenvalue weighted by Crippen LogP contribution is 2.13. The summed E-state index contributed by atoms with van der Waals surface area (Å²) in [7, 11) is 0. The third-order valence-electron chi connectivity index (χ3n) is 3.95. The van der Waals surface area contributed by atoms with Crippen molar-refractivity contribution in [1.29, 1.82) is 0 Å². The molecule has 2 amide bonds. The average molecular weight is 411 g/mol. The molecular formula is C20H22N6O2S. The highest BCUT2D eigenvalue weighted by molar-refractivity contribution is 7.99. The smallest absolute Gasteiger partial charge is 0.269 e. The van der Waals surface area contributed by atoms with Gasteiger partial charge in [0.25, 0.3) is 5.91 Å². The molecule has 0 aliphatic rings. The molecule has 9 heteroatoms. The van der Waals surface area contributed by atoms with Gasteiger partial charge in [0.15, 0.2) is 0 Å². The molecule has 150 valence electrons. The summed E-state index contributed by atoms with van der Waals surface area (Å²) in [6, 6.07) is 15.1. The Balaban J connectivity index is 1.40. The Morgan fingerprint density at radius 2 is 1.83 bits per heavy atom. The van der Waals surface area contributed by atoms with Gasteiger partial charge in [-0.2, -0.15) is 0 Å². The number of nitrogens with zero attached hydrogens (tertiary/aromatic N) is 2.